The molecule has 1 aliphatic heterocycles. The maximum Gasteiger partial charge on any atom is 0.349 e. The number of anilines is 1. The van der Waals surface area contributed by atoms with Crippen LogP contribution < -0.4 is 9.64 Å². The molecule has 0 spiro atoms. The summed E-state index contributed by atoms with van der Waals surface area (Å²) in [7, 11) is 2.99. The van der Waals surface area contributed by atoms with Gasteiger partial charge >= 0.3 is 12.0 Å². The molecule has 0 N–H and O–H groups in total. The molecule has 3 rings (SSSR count). The maximum absolute atomic E-state index is 12.0. The van der Waals surface area contributed by atoms with Crippen LogP contribution in [0.1, 0.15) is 26.7 Å². The van der Waals surface area contributed by atoms with E-state index in [1.807, 2.05) is 6.07 Å². The van der Waals surface area contributed by atoms with Gasteiger partial charge in [-0.15, -0.1) is 11.3 Å². The third-order valence-electron chi connectivity index (χ3n) is 4.41. The van der Waals surface area contributed by atoms with Crippen LogP contribution in [0.3, 0.4) is 0 Å². The van der Waals surface area contributed by atoms with Gasteiger partial charge in [-0.2, -0.15) is 15.0 Å². The van der Waals surface area contributed by atoms with Crippen molar-refractivity contribution in [3.63, 3.8) is 0 Å². The number of aromatic nitrogens is 3. The fourth-order valence-corrected chi connectivity index (χ4v) is 4.02. The predicted molar refractivity (Wildman–Crippen MR) is 107 cm³/mol. The van der Waals surface area contributed by atoms with Crippen LogP contribution in [-0.4, -0.2) is 59.9 Å². The molecular formula is C18H23ClN4O4S. The molecule has 0 bridgehead atoms. The number of rotatable bonds is 7. The average molecular weight is 427 g/mol. The van der Waals surface area contributed by atoms with E-state index in [1.54, 1.807) is 27.0 Å². The van der Waals surface area contributed by atoms with Crippen molar-refractivity contribution < 1.29 is 19.0 Å². The SMILES string of the molecule is COC[C@@H]1CCCN1c1nc(OC(C)(C)C(=O)OC)nc(-c2ccc(Cl)s2)n1. The van der Waals surface area contributed by atoms with E-state index in [0.717, 1.165) is 24.3 Å². The monoisotopic (exact) mass is 426 g/mol. The summed E-state index contributed by atoms with van der Waals surface area (Å²) in [6.45, 7) is 4.60. The Kier molecular flexibility index (Phi) is 6.36. The van der Waals surface area contributed by atoms with Gasteiger partial charge in [-0.25, -0.2) is 4.79 Å². The Bertz CT molecular complexity index is 845. The van der Waals surface area contributed by atoms with Crippen LogP contribution in [0.25, 0.3) is 10.7 Å². The highest BCUT2D eigenvalue weighted by Crippen LogP contribution is 2.32. The van der Waals surface area contributed by atoms with Gasteiger partial charge < -0.3 is 19.1 Å². The average Bonchev–Trinajstić information content (AvgIpc) is 3.29. The number of thiophene rings is 1. The van der Waals surface area contributed by atoms with E-state index in [1.165, 1.54) is 18.4 Å². The number of halogens is 1. The Morgan fingerprint density at radius 3 is 2.75 bits per heavy atom. The molecule has 1 fully saturated rings. The van der Waals surface area contributed by atoms with Gasteiger partial charge in [0.15, 0.2) is 5.82 Å². The van der Waals surface area contributed by atoms with Crippen LogP contribution in [0.4, 0.5) is 5.95 Å². The maximum atomic E-state index is 12.0. The summed E-state index contributed by atoms with van der Waals surface area (Å²) >= 11 is 7.44. The zero-order chi connectivity index (χ0) is 20.3. The molecule has 0 unspecified atom stereocenters. The molecule has 0 saturated carbocycles. The van der Waals surface area contributed by atoms with Crippen molar-refractivity contribution >= 4 is 34.9 Å². The van der Waals surface area contributed by atoms with Crippen molar-refractivity contribution in [2.75, 3.05) is 32.3 Å². The van der Waals surface area contributed by atoms with E-state index in [0.29, 0.717) is 22.7 Å². The molecule has 0 aliphatic carbocycles. The van der Waals surface area contributed by atoms with Crippen molar-refractivity contribution in [1.82, 2.24) is 15.0 Å². The Balaban J connectivity index is 2.00. The number of nitrogens with zero attached hydrogens (tertiary/aromatic N) is 4. The second-order valence-corrected chi connectivity index (χ2v) is 8.61. The van der Waals surface area contributed by atoms with E-state index < -0.39 is 11.6 Å². The highest BCUT2D eigenvalue weighted by atomic mass is 35.5. The molecule has 28 heavy (non-hydrogen) atoms. The summed E-state index contributed by atoms with van der Waals surface area (Å²) in [4.78, 5) is 28.4. The topological polar surface area (TPSA) is 86.7 Å². The first-order valence-electron chi connectivity index (χ1n) is 8.89. The number of hydrogen-bond donors (Lipinski definition) is 0. The van der Waals surface area contributed by atoms with Gasteiger partial charge in [0.05, 0.1) is 29.0 Å². The Morgan fingerprint density at radius 2 is 2.11 bits per heavy atom. The Hall–Kier alpha value is -1.97. The normalized spacial score (nSPS) is 17.0. The van der Waals surface area contributed by atoms with E-state index in [4.69, 9.17) is 25.8 Å². The van der Waals surface area contributed by atoms with Crippen molar-refractivity contribution in [1.29, 1.82) is 0 Å². The van der Waals surface area contributed by atoms with E-state index in [2.05, 4.69) is 19.9 Å². The number of methoxy groups -OCH3 is 2. The molecule has 0 aromatic carbocycles. The van der Waals surface area contributed by atoms with Gasteiger partial charge in [0.25, 0.3) is 0 Å². The predicted octanol–water partition coefficient (Wildman–Crippen LogP) is 3.20. The first-order chi connectivity index (χ1) is 13.3. The quantitative estimate of drug-likeness (QED) is 0.624. The second kappa shape index (κ2) is 8.59. The van der Waals surface area contributed by atoms with Crippen LogP contribution in [0, 0.1) is 0 Å². The summed E-state index contributed by atoms with van der Waals surface area (Å²) in [6.07, 6.45) is 2.01. The highest BCUT2D eigenvalue weighted by Gasteiger charge is 2.34. The van der Waals surface area contributed by atoms with Gasteiger partial charge in [0.1, 0.15) is 0 Å². The molecule has 8 nitrogen and oxygen atoms in total. The number of carbonyl (C=O) groups excluding carboxylic acids is 1. The lowest BCUT2D eigenvalue weighted by atomic mass is 10.1. The second-order valence-electron chi connectivity index (χ2n) is 6.89. The third kappa shape index (κ3) is 4.53. The molecule has 10 heteroatoms. The van der Waals surface area contributed by atoms with Crippen LogP contribution in [-0.2, 0) is 14.3 Å². The van der Waals surface area contributed by atoms with Gasteiger partial charge in [-0.3, -0.25) is 0 Å². The molecule has 0 amide bonds. The fraction of sp³-hybridized carbons (Fsp3) is 0.556. The van der Waals surface area contributed by atoms with Gasteiger partial charge in [0, 0.05) is 13.7 Å². The lowest BCUT2D eigenvalue weighted by Crippen LogP contribution is -2.40. The zero-order valence-electron chi connectivity index (χ0n) is 16.3. The molecule has 2 aromatic heterocycles. The highest BCUT2D eigenvalue weighted by molar-refractivity contribution is 7.19. The molecular weight excluding hydrogens is 404 g/mol. The Labute approximate surface area is 172 Å². The van der Waals surface area contributed by atoms with E-state index in [-0.39, 0.29) is 12.1 Å². The first kappa shape index (κ1) is 20.8. The standard InChI is InChI=1S/C18H23ClN4O4S/c1-18(2,15(24)26-4)27-17-21-14(12-7-8-13(19)28-12)20-16(22-17)23-9-5-6-11(23)10-25-3/h7-8,11H,5-6,9-10H2,1-4H3/t11-/m0/s1. The minimum atomic E-state index is -1.24. The fourth-order valence-electron chi connectivity index (χ4n) is 3.04. The van der Waals surface area contributed by atoms with Crippen LogP contribution in [0.15, 0.2) is 12.1 Å². The van der Waals surface area contributed by atoms with Crippen LogP contribution >= 0.6 is 22.9 Å². The van der Waals surface area contributed by atoms with Crippen LogP contribution in [0.5, 0.6) is 6.01 Å². The summed E-state index contributed by atoms with van der Waals surface area (Å²) < 4.78 is 16.6. The summed E-state index contributed by atoms with van der Waals surface area (Å²) in [5, 5.41) is 0. The molecule has 2 aromatic rings. The molecule has 1 saturated heterocycles. The molecule has 0 radical (unpaired) electrons. The summed E-state index contributed by atoms with van der Waals surface area (Å²) in [5.74, 6) is 0.416. The van der Waals surface area contributed by atoms with E-state index in [9.17, 15) is 4.79 Å². The van der Waals surface area contributed by atoms with Crippen molar-refractivity contribution in [3.05, 3.63) is 16.5 Å². The number of esters is 1. The minimum absolute atomic E-state index is 0.0583. The van der Waals surface area contributed by atoms with Gasteiger partial charge in [-0.1, -0.05) is 11.6 Å². The van der Waals surface area contributed by atoms with Crippen molar-refractivity contribution in [2.24, 2.45) is 0 Å². The summed E-state index contributed by atoms with van der Waals surface area (Å²) in [5.41, 5.74) is -1.24. The van der Waals surface area contributed by atoms with Gasteiger partial charge in [-0.05, 0) is 38.8 Å². The molecule has 152 valence electrons. The molecule has 1 atom stereocenters. The smallest absolute Gasteiger partial charge is 0.349 e. The number of ether oxygens (including phenoxy) is 3. The largest absolute Gasteiger partial charge is 0.466 e. The van der Waals surface area contributed by atoms with Crippen molar-refractivity contribution in [2.45, 2.75) is 38.3 Å². The minimum Gasteiger partial charge on any atom is -0.466 e. The number of carbonyl (C=O) groups is 1. The van der Waals surface area contributed by atoms with E-state index >= 15 is 0 Å². The lowest BCUT2D eigenvalue weighted by molar-refractivity contribution is -0.156. The van der Waals surface area contributed by atoms with Crippen molar-refractivity contribution in [3.8, 4) is 16.7 Å². The van der Waals surface area contributed by atoms with Crippen LogP contribution in [0.2, 0.25) is 4.34 Å². The first-order valence-corrected chi connectivity index (χ1v) is 10.1. The summed E-state index contributed by atoms with van der Waals surface area (Å²) in [6, 6.07) is 3.86. The number of hydrogen-bond acceptors (Lipinski definition) is 9. The lowest BCUT2D eigenvalue weighted by Gasteiger charge is -2.26. The van der Waals surface area contributed by atoms with Gasteiger partial charge in [0.2, 0.25) is 11.5 Å². The zero-order valence-corrected chi connectivity index (χ0v) is 17.8. The Morgan fingerprint density at radius 1 is 1.32 bits per heavy atom. The molecule has 1 aliphatic rings. The third-order valence-corrected chi connectivity index (χ3v) is 5.64. The molecule has 3 heterocycles.